The van der Waals surface area contributed by atoms with Gasteiger partial charge in [-0.25, -0.2) is 15.0 Å². The van der Waals surface area contributed by atoms with Crippen molar-refractivity contribution in [1.29, 1.82) is 0 Å². The van der Waals surface area contributed by atoms with Crippen LogP contribution in [-0.2, 0) is 6.54 Å². The zero-order chi connectivity index (χ0) is 19.5. The Morgan fingerprint density at radius 3 is 2.64 bits per heavy atom. The summed E-state index contributed by atoms with van der Waals surface area (Å²) in [6.07, 6.45) is 0. The average Bonchev–Trinajstić information content (AvgIpc) is 2.71. The van der Waals surface area contributed by atoms with Crippen molar-refractivity contribution in [3.8, 4) is 5.75 Å². The molecule has 1 aliphatic rings. The predicted molar refractivity (Wildman–Crippen MR) is 111 cm³/mol. The first-order chi connectivity index (χ1) is 13.6. The molecule has 0 saturated carbocycles. The number of methoxy groups -OCH3 is 1. The van der Waals surface area contributed by atoms with Gasteiger partial charge in [-0.15, -0.1) is 0 Å². The van der Waals surface area contributed by atoms with E-state index in [4.69, 9.17) is 4.74 Å². The molecule has 0 aliphatic carbocycles. The minimum absolute atomic E-state index is 0.536. The van der Waals surface area contributed by atoms with Crippen LogP contribution in [0.15, 0.2) is 47.5 Å². The molecule has 7 nitrogen and oxygen atoms in total. The molecular formula is C21H24N6O. The molecule has 28 heavy (non-hydrogen) atoms. The average molecular weight is 376 g/mol. The Morgan fingerprint density at radius 2 is 1.93 bits per heavy atom. The highest BCUT2D eigenvalue weighted by atomic mass is 16.5. The fraction of sp³-hybridized carbons (Fsp3) is 0.286. The fourth-order valence-electron chi connectivity index (χ4n) is 3.15. The Hall–Kier alpha value is -3.19. The number of aryl methyl sites for hydroxylation is 2. The molecule has 0 amide bonds. The lowest BCUT2D eigenvalue weighted by molar-refractivity contribution is 0.256. The molecule has 2 heterocycles. The van der Waals surface area contributed by atoms with Crippen LogP contribution in [0.4, 0.5) is 5.95 Å². The Morgan fingerprint density at radius 1 is 1.11 bits per heavy atom. The number of nitrogens with zero attached hydrogens (tertiary/aromatic N) is 4. The number of hydrogen-bond donors (Lipinski definition) is 2. The van der Waals surface area contributed by atoms with E-state index < -0.39 is 0 Å². The largest absolute Gasteiger partial charge is 0.497 e. The van der Waals surface area contributed by atoms with Gasteiger partial charge in [-0.05, 0) is 37.6 Å². The summed E-state index contributed by atoms with van der Waals surface area (Å²) >= 11 is 0. The van der Waals surface area contributed by atoms with Gasteiger partial charge in [-0.1, -0.05) is 29.8 Å². The van der Waals surface area contributed by atoms with Crippen LogP contribution in [0.2, 0.25) is 0 Å². The number of anilines is 1. The number of aliphatic imine (C=N–C) groups is 1. The van der Waals surface area contributed by atoms with Gasteiger partial charge in [0.2, 0.25) is 11.9 Å². The Kier molecular flexibility index (Phi) is 5.08. The lowest BCUT2D eigenvalue weighted by Gasteiger charge is -2.27. The van der Waals surface area contributed by atoms with E-state index in [1.807, 2.05) is 25.1 Å². The normalized spacial score (nSPS) is 14.5. The van der Waals surface area contributed by atoms with Crippen molar-refractivity contribution in [2.75, 3.05) is 25.8 Å². The van der Waals surface area contributed by atoms with Crippen LogP contribution >= 0.6 is 0 Å². The van der Waals surface area contributed by atoms with Crippen LogP contribution in [0.25, 0.3) is 10.9 Å². The van der Waals surface area contributed by atoms with Gasteiger partial charge < -0.3 is 10.1 Å². The van der Waals surface area contributed by atoms with E-state index in [1.165, 1.54) is 11.1 Å². The Balaban J connectivity index is 1.43. The van der Waals surface area contributed by atoms with Crippen LogP contribution in [0.3, 0.4) is 0 Å². The molecule has 0 spiro atoms. The number of rotatable bonds is 4. The van der Waals surface area contributed by atoms with Crippen LogP contribution in [-0.4, -0.2) is 41.3 Å². The molecule has 1 aromatic heterocycles. The molecule has 144 valence electrons. The molecule has 0 atom stereocenters. The number of fused-ring (bicyclic) bond motifs is 1. The third kappa shape index (κ3) is 4.04. The van der Waals surface area contributed by atoms with Gasteiger partial charge in [-0.3, -0.25) is 10.2 Å². The summed E-state index contributed by atoms with van der Waals surface area (Å²) in [5.74, 6) is 2.02. The van der Waals surface area contributed by atoms with Gasteiger partial charge in [0.05, 0.1) is 31.7 Å². The fourth-order valence-corrected chi connectivity index (χ4v) is 3.15. The molecule has 2 N–H and O–H groups in total. The molecule has 7 heteroatoms. The van der Waals surface area contributed by atoms with E-state index in [0.29, 0.717) is 25.2 Å². The zero-order valence-corrected chi connectivity index (χ0v) is 16.4. The van der Waals surface area contributed by atoms with E-state index in [2.05, 4.69) is 61.7 Å². The second kappa shape index (κ2) is 7.82. The van der Waals surface area contributed by atoms with Gasteiger partial charge in [0, 0.05) is 11.9 Å². The summed E-state index contributed by atoms with van der Waals surface area (Å²) in [4.78, 5) is 16.0. The number of guanidine groups is 1. The standard InChI is InChI=1S/C21H24N6O/c1-14-4-6-16(7-5-14)11-27-12-22-20(23-13-27)26-21-24-15(2)18-10-17(28-3)8-9-19(18)25-21/h4-10H,11-13H2,1-3H3,(H2,22,23,24,25,26). The molecule has 2 aromatic carbocycles. The summed E-state index contributed by atoms with van der Waals surface area (Å²) in [7, 11) is 1.66. The number of hydrogen-bond acceptors (Lipinski definition) is 7. The molecule has 0 unspecified atom stereocenters. The first kappa shape index (κ1) is 18.2. The lowest BCUT2D eigenvalue weighted by Crippen LogP contribution is -2.45. The highest BCUT2D eigenvalue weighted by Gasteiger charge is 2.14. The summed E-state index contributed by atoms with van der Waals surface area (Å²) < 4.78 is 5.28. The highest BCUT2D eigenvalue weighted by molar-refractivity contribution is 5.93. The minimum Gasteiger partial charge on any atom is -0.497 e. The second-order valence-electron chi connectivity index (χ2n) is 6.94. The molecule has 3 aromatic rings. The van der Waals surface area contributed by atoms with E-state index in [9.17, 15) is 0 Å². The van der Waals surface area contributed by atoms with E-state index in [0.717, 1.165) is 28.9 Å². The minimum atomic E-state index is 0.536. The number of ether oxygens (including phenoxy) is 1. The highest BCUT2D eigenvalue weighted by Crippen LogP contribution is 2.22. The SMILES string of the molecule is COc1ccc2nc(NC3=NCN(Cc4ccc(C)cc4)CN3)nc(C)c2c1. The topological polar surface area (TPSA) is 74.7 Å². The van der Waals surface area contributed by atoms with Gasteiger partial charge in [0.1, 0.15) is 5.75 Å². The predicted octanol–water partition coefficient (Wildman–Crippen LogP) is 3.04. The van der Waals surface area contributed by atoms with Crippen molar-refractivity contribution in [3.05, 3.63) is 59.3 Å². The molecular weight excluding hydrogens is 352 g/mol. The zero-order valence-electron chi connectivity index (χ0n) is 16.4. The summed E-state index contributed by atoms with van der Waals surface area (Å²) in [5.41, 5.74) is 4.31. The van der Waals surface area contributed by atoms with Crippen LogP contribution in [0.1, 0.15) is 16.8 Å². The maximum absolute atomic E-state index is 5.28. The van der Waals surface area contributed by atoms with Crippen molar-refractivity contribution < 1.29 is 4.74 Å². The van der Waals surface area contributed by atoms with E-state index >= 15 is 0 Å². The van der Waals surface area contributed by atoms with Gasteiger partial charge in [0.15, 0.2) is 0 Å². The summed E-state index contributed by atoms with van der Waals surface area (Å²) in [6.45, 7) is 6.25. The van der Waals surface area contributed by atoms with Gasteiger partial charge in [0.25, 0.3) is 0 Å². The van der Waals surface area contributed by atoms with Gasteiger partial charge >= 0.3 is 0 Å². The summed E-state index contributed by atoms with van der Waals surface area (Å²) in [6, 6.07) is 14.4. The van der Waals surface area contributed by atoms with Crippen LogP contribution in [0, 0.1) is 13.8 Å². The monoisotopic (exact) mass is 376 g/mol. The number of nitrogens with one attached hydrogen (secondary N) is 2. The van der Waals surface area contributed by atoms with Crippen LogP contribution in [0.5, 0.6) is 5.75 Å². The van der Waals surface area contributed by atoms with Gasteiger partial charge in [-0.2, -0.15) is 0 Å². The maximum Gasteiger partial charge on any atom is 0.230 e. The quantitative estimate of drug-likeness (QED) is 0.729. The van der Waals surface area contributed by atoms with Crippen molar-refractivity contribution in [3.63, 3.8) is 0 Å². The maximum atomic E-state index is 5.28. The smallest absolute Gasteiger partial charge is 0.230 e. The molecule has 0 saturated heterocycles. The molecule has 1 aliphatic heterocycles. The molecule has 0 fully saturated rings. The first-order valence-corrected chi connectivity index (χ1v) is 9.26. The van der Waals surface area contributed by atoms with Crippen molar-refractivity contribution >= 4 is 22.8 Å². The van der Waals surface area contributed by atoms with Crippen molar-refractivity contribution in [2.24, 2.45) is 4.99 Å². The van der Waals surface area contributed by atoms with E-state index in [1.54, 1.807) is 7.11 Å². The Bertz CT molecular complexity index is 1020. The van der Waals surface area contributed by atoms with Crippen LogP contribution < -0.4 is 15.4 Å². The lowest BCUT2D eigenvalue weighted by atomic mass is 10.1. The third-order valence-electron chi connectivity index (χ3n) is 4.75. The van der Waals surface area contributed by atoms with E-state index in [-0.39, 0.29) is 0 Å². The molecule has 0 bridgehead atoms. The number of benzene rings is 2. The molecule has 4 rings (SSSR count). The Labute approximate surface area is 164 Å². The summed E-state index contributed by atoms with van der Waals surface area (Å²) in [5, 5.41) is 7.47. The van der Waals surface area contributed by atoms with Crippen molar-refractivity contribution in [1.82, 2.24) is 20.2 Å². The first-order valence-electron chi connectivity index (χ1n) is 9.26. The molecule has 0 radical (unpaired) electrons. The van der Waals surface area contributed by atoms with Crippen molar-refractivity contribution in [2.45, 2.75) is 20.4 Å². The third-order valence-corrected chi connectivity index (χ3v) is 4.75. The second-order valence-corrected chi connectivity index (χ2v) is 6.94. The number of aromatic nitrogens is 2.